The van der Waals surface area contributed by atoms with Gasteiger partial charge in [0.15, 0.2) is 4.90 Å². The lowest BCUT2D eigenvalue weighted by Gasteiger charge is -2.16. The summed E-state index contributed by atoms with van der Waals surface area (Å²) in [5.74, 6) is -2.28. The third kappa shape index (κ3) is 3.69. The minimum absolute atomic E-state index is 0.0196. The molecule has 2 aromatic rings. The van der Waals surface area contributed by atoms with Crippen LogP contribution in [0.4, 0.5) is 14.5 Å². The lowest BCUT2D eigenvalue weighted by molar-refractivity contribution is -0.117. The van der Waals surface area contributed by atoms with E-state index in [1.807, 2.05) is 0 Å². The van der Waals surface area contributed by atoms with Gasteiger partial charge >= 0.3 is 0 Å². The molecule has 1 aliphatic heterocycles. The maximum absolute atomic E-state index is 13.7. The number of benzene rings is 2. The zero-order valence-electron chi connectivity index (χ0n) is 13.2. The Kier molecular flexibility index (Phi) is 4.82. The van der Waals surface area contributed by atoms with Gasteiger partial charge in [-0.05, 0) is 36.2 Å². The molecule has 0 aromatic heterocycles. The molecule has 5 nitrogen and oxygen atoms in total. The van der Waals surface area contributed by atoms with Crippen LogP contribution in [0.3, 0.4) is 0 Å². The molecule has 0 radical (unpaired) electrons. The van der Waals surface area contributed by atoms with Gasteiger partial charge in [-0.1, -0.05) is 18.2 Å². The Morgan fingerprint density at radius 1 is 1.08 bits per heavy atom. The van der Waals surface area contributed by atoms with E-state index in [0.29, 0.717) is 24.2 Å². The first kappa shape index (κ1) is 17.5. The topological polar surface area (TPSA) is 66.5 Å². The highest BCUT2D eigenvalue weighted by atomic mass is 32.2. The fourth-order valence-corrected chi connectivity index (χ4v) is 3.90. The van der Waals surface area contributed by atoms with Crippen molar-refractivity contribution in [2.75, 3.05) is 11.4 Å². The lowest BCUT2D eigenvalue weighted by Crippen LogP contribution is -2.26. The number of halogens is 2. The lowest BCUT2D eigenvalue weighted by atomic mass is 10.2. The quantitative estimate of drug-likeness (QED) is 0.884. The summed E-state index contributed by atoms with van der Waals surface area (Å²) in [5.41, 5.74) is 1.26. The molecule has 1 heterocycles. The van der Waals surface area contributed by atoms with Crippen LogP contribution >= 0.6 is 0 Å². The molecule has 1 fully saturated rings. The summed E-state index contributed by atoms with van der Waals surface area (Å²) >= 11 is 0. The van der Waals surface area contributed by atoms with Crippen LogP contribution in [-0.2, 0) is 21.4 Å². The first-order valence-corrected chi connectivity index (χ1v) is 9.20. The second-order valence-corrected chi connectivity index (χ2v) is 7.40. The van der Waals surface area contributed by atoms with Crippen molar-refractivity contribution in [2.24, 2.45) is 0 Å². The summed E-state index contributed by atoms with van der Waals surface area (Å²) in [6, 6.07) is 9.69. The van der Waals surface area contributed by atoms with Gasteiger partial charge in [-0.2, -0.15) is 0 Å². The molecule has 0 bridgehead atoms. The van der Waals surface area contributed by atoms with E-state index in [9.17, 15) is 22.0 Å². The fourth-order valence-electron chi connectivity index (χ4n) is 2.75. The van der Waals surface area contributed by atoms with Crippen LogP contribution < -0.4 is 9.62 Å². The molecule has 0 atom stereocenters. The molecule has 0 spiro atoms. The van der Waals surface area contributed by atoms with Gasteiger partial charge in [0, 0.05) is 25.2 Å². The number of amides is 1. The monoisotopic (exact) mass is 366 g/mol. The molecule has 0 saturated carbocycles. The SMILES string of the molecule is O=C1CCCN1c1cccc(CNS(=O)(=O)c2c(F)cccc2F)c1. The number of hydrogen-bond acceptors (Lipinski definition) is 3. The number of nitrogens with one attached hydrogen (secondary N) is 1. The van der Waals surface area contributed by atoms with Crippen molar-refractivity contribution in [3.8, 4) is 0 Å². The van der Waals surface area contributed by atoms with Crippen molar-refractivity contribution in [3.63, 3.8) is 0 Å². The Labute approximate surface area is 144 Å². The van der Waals surface area contributed by atoms with Crippen LogP contribution in [0.5, 0.6) is 0 Å². The molecule has 1 saturated heterocycles. The van der Waals surface area contributed by atoms with Crippen molar-refractivity contribution < 1.29 is 22.0 Å². The molecule has 1 N–H and O–H groups in total. The molecular weight excluding hydrogens is 350 g/mol. The van der Waals surface area contributed by atoms with Crippen LogP contribution in [0, 0.1) is 11.6 Å². The second kappa shape index (κ2) is 6.89. The summed E-state index contributed by atoms with van der Waals surface area (Å²) in [4.78, 5) is 12.4. The summed E-state index contributed by atoms with van der Waals surface area (Å²) < 4.78 is 53.9. The van der Waals surface area contributed by atoms with Gasteiger partial charge in [0.25, 0.3) is 0 Å². The normalized spacial score (nSPS) is 15.0. The molecule has 8 heteroatoms. The number of nitrogens with zero attached hydrogens (tertiary/aromatic N) is 1. The van der Waals surface area contributed by atoms with E-state index in [1.54, 1.807) is 29.2 Å². The Morgan fingerprint density at radius 3 is 2.40 bits per heavy atom. The predicted molar refractivity (Wildman–Crippen MR) is 88.4 cm³/mol. The maximum atomic E-state index is 13.7. The van der Waals surface area contributed by atoms with E-state index >= 15 is 0 Å². The Hall–Kier alpha value is -2.32. The number of sulfonamides is 1. The standard InChI is InChI=1S/C17H16F2N2O3S/c18-14-6-2-7-15(19)17(14)25(23,24)20-11-12-4-1-5-13(10-12)21-9-3-8-16(21)22/h1-2,4-7,10,20H,3,8-9,11H2. The molecule has 132 valence electrons. The van der Waals surface area contributed by atoms with Crippen LogP contribution in [0.25, 0.3) is 0 Å². The summed E-state index contributed by atoms with van der Waals surface area (Å²) in [5, 5.41) is 0. The molecule has 1 aliphatic rings. The minimum atomic E-state index is -4.34. The van der Waals surface area contributed by atoms with E-state index < -0.39 is 26.6 Å². The first-order chi connectivity index (χ1) is 11.9. The van der Waals surface area contributed by atoms with E-state index in [2.05, 4.69) is 4.72 Å². The Bertz CT molecular complexity index is 896. The Balaban J connectivity index is 1.78. The van der Waals surface area contributed by atoms with Crippen molar-refractivity contribution in [1.29, 1.82) is 0 Å². The molecule has 0 aliphatic carbocycles. The third-order valence-corrected chi connectivity index (χ3v) is 5.40. The third-order valence-electron chi connectivity index (χ3n) is 3.95. The molecule has 1 amide bonds. The van der Waals surface area contributed by atoms with Crippen molar-refractivity contribution in [2.45, 2.75) is 24.3 Å². The highest BCUT2D eigenvalue weighted by Crippen LogP contribution is 2.23. The van der Waals surface area contributed by atoms with E-state index in [-0.39, 0.29) is 12.5 Å². The minimum Gasteiger partial charge on any atom is -0.312 e. The number of carbonyl (C=O) groups excluding carboxylic acids is 1. The summed E-state index contributed by atoms with van der Waals surface area (Å²) in [6.07, 6.45) is 1.27. The smallest absolute Gasteiger partial charge is 0.246 e. The van der Waals surface area contributed by atoms with Gasteiger partial charge in [0.2, 0.25) is 15.9 Å². The van der Waals surface area contributed by atoms with Gasteiger partial charge in [0.05, 0.1) is 0 Å². The van der Waals surface area contributed by atoms with Gasteiger partial charge in [-0.25, -0.2) is 21.9 Å². The van der Waals surface area contributed by atoms with Crippen molar-refractivity contribution in [3.05, 3.63) is 59.7 Å². The largest absolute Gasteiger partial charge is 0.312 e. The van der Waals surface area contributed by atoms with Crippen LogP contribution in [0.15, 0.2) is 47.4 Å². The van der Waals surface area contributed by atoms with Crippen LogP contribution in [0.1, 0.15) is 18.4 Å². The van der Waals surface area contributed by atoms with Crippen LogP contribution in [-0.4, -0.2) is 20.9 Å². The summed E-state index contributed by atoms with van der Waals surface area (Å²) in [7, 11) is -4.34. The molecule has 0 unspecified atom stereocenters. The van der Waals surface area contributed by atoms with Crippen molar-refractivity contribution in [1.82, 2.24) is 4.72 Å². The number of carbonyl (C=O) groups is 1. The Morgan fingerprint density at radius 2 is 1.76 bits per heavy atom. The molecule has 25 heavy (non-hydrogen) atoms. The van der Waals surface area contributed by atoms with Gasteiger partial charge in [-0.3, -0.25) is 4.79 Å². The van der Waals surface area contributed by atoms with E-state index in [4.69, 9.17) is 0 Å². The summed E-state index contributed by atoms with van der Waals surface area (Å²) in [6.45, 7) is 0.473. The number of hydrogen-bond donors (Lipinski definition) is 1. The predicted octanol–water partition coefficient (Wildman–Crippen LogP) is 2.57. The number of anilines is 1. The maximum Gasteiger partial charge on any atom is 0.246 e. The zero-order valence-corrected chi connectivity index (χ0v) is 14.0. The molecule has 3 rings (SSSR count). The second-order valence-electron chi connectivity index (χ2n) is 5.69. The average molecular weight is 366 g/mol. The average Bonchev–Trinajstić information content (AvgIpc) is 2.99. The van der Waals surface area contributed by atoms with Gasteiger partial charge < -0.3 is 4.90 Å². The fraction of sp³-hybridized carbons (Fsp3) is 0.235. The molecule has 2 aromatic carbocycles. The van der Waals surface area contributed by atoms with Gasteiger partial charge in [0.1, 0.15) is 11.6 Å². The van der Waals surface area contributed by atoms with Gasteiger partial charge in [-0.15, -0.1) is 0 Å². The molecular formula is C17H16F2N2O3S. The van der Waals surface area contributed by atoms with E-state index in [1.165, 1.54) is 0 Å². The number of rotatable bonds is 5. The highest BCUT2D eigenvalue weighted by molar-refractivity contribution is 7.89. The van der Waals surface area contributed by atoms with E-state index in [0.717, 1.165) is 24.6 Å². The van der Waals surface area contributed by atoms with Crippen molar-refractivity contribution >= 4 is 21.6 Å². The highest BCUT2D eigenvalue weighted by Gasteiger charge is 2.24. The van der Waals surface area contributed by atoms with Crippen LogP contribution in [0.2, 0.25) is 0 Å². The zero-order chi connectivity index (χ0) is 18.0. The first-order valence-electron chi connectivity index (χ1n) is 7.71.